The van der Waals surface area contributed by atoms with Crippen molar-refractivity contribution in [2.75, 3.05) is 0 Å². The summed E-state index contributed by atoms with van der Waals surface area (Å²) in [5, 5.41) is 5.10. The van der Waals surface area contributed by atoms with Gasteiger partial charge in [-0.1, -0.05) is 55.5 Å². The molecule has 1 saturated carbocycles. The minimum atomic E-state index is 0.832. The maximum Gasteiger partial charge on any atom is 0.228 e. The van der Waals surface area contributed by atoms with E-state index in [0.717, 1.165) is 17.4 Å². The second-order valence-electron chi connectivity index (χ2n) is 9.39. The molecule has 150 valence electrons. The highest BCUT2D eigenvalue weighted by Gasteiger charge is 2.30. The topological polar surface area (TPSA) is 13.1 Å². The predicted octanol–water partition coefficient (Wildman–Crippen LogP) is 6.94. The van der Waals surface area contributed by atoms with Crippen LogP contribution in [0, 0.1) is 19.8 Å². The summed E-state index contributed by atoms with van der Waals surface area (Å²) in [4.78, 5) is 0. The molecule has 2 heterocycles. The largest absolute Gasteiger partial charge is 0.456 e. The summed E-state index contributed by atoms with van der Waals surface area (Å²) in [5.41, 5.74) is 6.50. The molecule has 0 spiro atoms. The Labute approximate surface area is 178 Å². The van der Waals surface area contributed by atoms with Crippen molar-refractivity contribution in [3.05, 3.63) is 65.4 Å². The van der Waals surface area contributed by atoms with Gasteiger partial charge in [0.25, 0.3) is 0 Å². The molecule has 0 saturated heterocycles. The first-order valence-electron chi connectivity index (χ1n) is 11.3. The van der Waals surface area contributed by atoms with Crippen LogP contribution < -0.4 is 9.30 Å². The van der Waals surface area contributed by atoms with E-state index >= 15 is 0 Å². The molecule has 2 aliphatic rings. The van der Waals surface area contributed by atoms with Gasteiger partial charge in [0.15, 0.2) is 6.20 Å². The number of benzene rings is 3. The van der Waals surface area contributed by atoms with Gasteiger partial charge in [-0.15, -0.1) is 0 Å². The van der Waals surface area contributed by atoms with Crippen molar-refractivity contribution in [2.45, 2.75) is 46.0 Å². The average Bonchev–Trinajstić information content (AvgIpc) is 3.22. The quantitative estimate of drug-likeness (QED) is 0.296. The Morgan fingerprint density at radius 1 is 0.933 bits per heavy atom. The molecular weight excluding hydrogens is 366 g/mol. The van der Waals surface area contributed by atoms with Crippen molar-refractivity contribution >= 4 is 21.5 Å². The van der Waals surface area contributed by atoms with Crippen LogP contribution in [0.2, 0.25) is 0 Å². The van der Waals surface area contributed by atoms with Crippen molar-refractivity contribution in [3.63, 3.8) is 0 Å². The smallest absolute Gasteiger partial charge is 0.228 e. The first-order valence-corrected chi connectivity index (χ1v) is 11.3. The van der Waals surface area contributed by atoms with E-state index in [2.05, 4.69) is 74.1 Å². The van der Waals surface area contributed by atoms with E-state index in [4.69, 9.17) is 4.74 Å². The lowest BCUT2D eigenvalue weighted by Crippen LogP contribution is -2.31. The molecule has 0 radical (unpaired) electrons. The number of aryl methyl sites for hydroxylation is 3. The summed E-state index contributed by atoms with van der Waals surface area (Å²) in [6, 6.07) is 15.9. The van der Waals surface area contributed by atoms with E-state index in [9.17, 15) is 0 Å². The molecule has 6 rings (SSSR count). The number of hydrogen-bond donors (Lipinski definition) is 0. The van der Waals surface area contributed by atoms with E-state index in [0.29, 0.717) is 0 Å². The fraction of sp³-hybridized carbons (Fsp3) is 0.321. The minimum absolute atomic E-state index is 0.832. The molecule has 4 aromatic rings. The van der Waals surface area contributed by atoms with Gasteiger partial charge in [0, 0.05) is 6.07 Å². The molecule has 0 amide bonds. The van der Waals surface area contributed by atoms with Crippen LogP contribution in [-0.4, -0.2) is 0 Å². The number of ether oxygens (including phenoxy) is 1. The molecule has 0 bridgehead atoms. The van der Waals surface area contributed by atoms with Gasteiger partial charge in [-0.3, -0.25) is 0 Å². The zero-order valence-electron chi connectivity index (χ0n) is 18.1. The summed E-state index contributed by atoms with van der Waals surface area (Å²) >= 11 is 0. The zero-order chi connectivity index (χ0) is 20.4. The summed E-state index contributed by atoms with van der Waals surface area (Å²) in [6.45, 7) is 4.39. The summed E-state index contributed by atoms with van der Waals surface area (Å²) < 4.78 is 8.89. The van der Waals surface area contributed by atoms with E-state index in [1.54, 1.807) is 0 Å². The molecular formula is C28H28NO+. The number of pyridine rings is 1. The van der Waals surface area contributed by atoms with Crippen molar-refractivity contribution < 1.29 is 9.30 Å². The fourth-order valence-electron chi connectivity index (χ4n) is 5.74. The lowest BCUT2D eigenvalue weighted by molar-refractivity contribution is -0.659. The highest BCUT2D eigenvalue weighted by molar-refractivity contribution is 6.05. The van der Waals surface area contributed by atoms with Gasteiger partial charge in [0.2, 0.25) is 5.69 Å². The third-order valence-corrected chi connectivity index (χ3v) is 7.23. The number of hydrogen-bond acceptors (Lipinski definition) is 1. The van der Waals surface area contributed by atoms with Crippen LogP contribution >= 0.6 is 0 Å². The van der Waals surface area contributed by atoms with Gasteiger partial charge >= 0.3 is 0 Å². The number of rotatable bonds is 2. The first kappa shape index (κ1) is 17.9. The fourth-order valence-corrected chi connectivity index (χ4v) is 5.74. The van der Waals surface area contributed by atoms with Gasteiger partial charge in [-0.25, -0.2) is 4.57 Å². The first-order chi connectivity index (χ1) is 14.6. The molecule has 0 N–H and O–H groups in total. The Morgan fingerprint density at radius 2 is 1.77 bits per heavy atom. The van der Waals surface area contributed by atoms with E-state index in [-0.39, 0.29) is 0 Å². The van der Waals surface area contributed by atoms with Gasteiger partial charge < -0.3 is 4.74 Å². The van der Waals surface area contributed by atoms with Crippen LogP contribution in [-0.2, 0) is 13.5 Å². The Morgan fingerprint density at radius 3 is 2.60 bits per heavy atom. The maximum absolute atomic E-state index is 6.63. The monoisotopic (exact) mass is 394 g/mol. The van der Waals surface area contributed by atoms with Crippen LogP contribution in [0.25, 0.3) is 32.8 Å². The molecule has 0 unspecified atom stereocenters. The molecule has 1 fully saturated rings. The summed E-state index contributed by atoms with van der Waals surface area (Å²) in [7, 11) is 2.15. The number of aromatic nitrogens is 1. The van der Waals surface area contributed by atoms with Gasteiger partial charge in [-0.05, 0) is 65.6 Å². The standard InChI is InChI=1S/C28H28NO/c1-17-8-9-23-18(2)26-25(16-22(23)12-17)30-24-15-20(13-19-6-4-5-7-19)14-21-10-11-29(3)28(26)27(21)24/h8-12,14-16,19H,4-7,13H2,1-3H3/q+1. The minimum Gasteiger partial charge on any atom is -0.456 e. The second kappa shape index (κ2) is 6.57. The lowest BCUT2D eigenvalue weighted by Gasteiger charge is -2.23. The molecule has 2 heteroatoms. The number of nitrogens with zero attached hydrogens (tertiary/aromatic N) is 1. The Hall–Kier alpha value is -2.87. The highest BCUT2D eigenvalue weighted by atomic mass is 16.5. The van der Waals surface area contributed by atoms with Crippen LogP contribution in [0.3, 0.4) is 0 Å². The van der Waals surface area contributed by atoms with Gasteiger partial charge in [0.1, 0.15) is 18.5 Å². The van der Waals surface area contributed by atoms with Crippen molar-refractivity contribution in [3.8, 4) is 22.8 Å². The average molecular weight is 395 g/mol. The third kappa shape index (κ3) is 2.66. The second-order valence-corrected chi connectivity index (χ2v) is 9.39. The van der Waals surface area contributed by atoms with Crippen LogP contribution in [0.15, 0.2) is 48.7 Å². The highest BCUT2D eigenvalue weighted by Crippen LogP contribution is 2.48. The zero-order valence-corrected chi connectivity index (χ0v) is 18.1. The molecule has 0 atom stereocenters. The van der Waals surface area contributed by atoms with Crippen LogP contribution in [0.4, 0.5) is 0 Å². The molecule has 1 aromatic heterocycles. The normalized spacial score (nSPS) is 15.6. The Kier molecular flexibility index (Phi) is 3.93. The van der Waals surface area contributed by atoms with Gasteiger partial charge in [0.05, 0.1) is 10.9 Å². The summed E-state index contributed by atoms with van der Waals surface area (Å²) in [5.74, 6) is 2.84. The number of fused-ring (bicyclic) bond motifs is 3. The van der Waals surface area contributed by atoms with Crippen LogP contribution in [0.5, 0.6) is 11.5 Å². The Balaban J connectivity index is 1.60. The van der Waals surface area contributed by atoms with Crippen molar-refractivity contribution in [2.24, 2.45) is 13.0 Å². The van der Waals surface area contributed by atoms with Crippen molar-refractivity contribution in [1.29, 1.82) is 0 Å². The summed E-state index contributed by atoms with van der Waals surface area (Å²) in [6.07, 6.45) is 8.90. The molecule has 1 aliphatic heterocycles. The molecule has 1 aliphatic carbocycles. The van der Waals surface area contributed by atoms with E-state index in [1.807, 2.05) is 0 Å². The van der Waals surface area contributed by atoms with E-state index in [1.165, 1.54) is 81.6 Å². The van der Waals surface area contributed by atoms with Crippen LogP contribution in [0.1, 0.15) is 42.4 Å². The third-order valence-electron chi connectivity index (χ3n) is 7.23. The van der Waals surface area contributed by atoms with Crippen molar-refractivity contribution in [1.82, 2.24) is 0 Å². The maximum atomic E-state index is 6.63. The molecule has 2 nitrogen and oxygen atoms in total. The SMILES string of the molecule is Cc1ccc2c(C)c3c(cc2c1)Oc1cc(CC2CCCC2)cc2cc[n+](C)c-3c12. The molecule has 3 aromatic carbocycles. The van der Waals surface area contributed by atoms with E-state index < -0.39 is 0 Å². The predicted molar refractivity (Wildman–Crippen MR) is 123 cm³/mol. The van der Waals surface area contributed by atoms with Gasteiger partial charge in [-0.2, -0.15) is 0 Å². The lowest BCUT2D eigenvalue weighted by atomic mass is 9.90. The molecule has 30 heavy (non-hydrogen) atoms. The Bertz CT molecular complexity index is 1330.